The number of nitrogens with zero attached hydrogens (tertiary/aromatic N) is 2. The summed E-state index contributed by atoms with van der Waals surface area (Å²) >= 11 is 6.08. The number of aromatic nitrogens is 2. The minimum atomic E-state index is -0.227. The van der Waals surface area contributed by atoms with E-state index < -0.39 is 0 Å². The SMILES string of the molecule is CC(C)NC(=O)c1cnc(NCc2ccccc2Cl)cn1. The van der Waals surface area contributed by atoms with Crippen LogP contribution in [0.2, 0.25) is 5.02 Å². The lowest BCUT2D eigenvalue weighted by Gasteiger charge is -2.09. The Morgan fingerprint density at radius 3 is 2.62 bits per heavy atom. The van der Waals surface area contributed by atoms with E-state index in [0.29, 0.717) is 23.1 Å². The molecule has 0 spiro atoms. The number of benzene rings is 1. The van der Waals surface area contributed by atoms with Crippen LogP contribution < -0.4 is 10.6 Å². The van der Waals surface area contributed by atoms with E-state index in [2.05, 4.69) is 20.6 Å². The molecule has 1 amide bonds. The zero-order chi connectivity index (χ0) is 15.2. The molecule has 6 heteroatoms. The highest BCUT2D eigenvalue weighted by Crippen LogP contribution is 2.16. The molecule has 2 rings (SSSR count). The molecule has 0 aliphatic rings. The molecule has 110 valence electrons. The zero-order valence-electron chi connectivity index (χ0n) is 11.9. The van der Waals surface area contributed by atoms with Gasteiger partial charge >= 0.3 is 0 Å². The molecule has 0 saturated heterocycles. The van der Waals surface area contributed by atoms with E-state index in [4.69, 9.17) is 11.6 Å². The molecule has 0 fully saturated rings. The van der Waals surface area contributed by atoms with Crippen molar-refractivity contribution in [3.05, 3.63) is 52.9 Å². The number of carbonyl (C=O) groups excluding carboxylic acids is 1. The van der Waals surface area contributed by atoms with Gasteiger partial charge in [0.15, 0.2) is 0 Å². The Morgan fingerprint density at radius 1 is 1.24 bits per heavy atom. The van der Waals surface area contributed by atoms with Gasteiger partial charge in [0, 0.05) is 17.6 Å². The Labute approximate surface area is 128 Å². The number of hydrogen-bond acceptors (Lipinski definition) is 4. The predicted octanol–water partition coefficient (Wildman–Crippen LogP) is 2.88. The molecule has 0 bridgehead atoms. The van der Waals surface area contributed by atoms with Crippen LogP contribution in [0.1, 0.15) is 29.9 Å². The monoisotopic (exact) mass is 304 g/mol. The van der Waals surface area contributed by atoms with Crippen molar-refractivity contribution in [3.63, 3.8) is 0 Å². The summed E-state index contributed by atoms with van der Waals surface area (Å²) in [5.41, 5.74) is 1.27. The van der Waals surface area contributed by atoms with Crippen molar-refractivity contribution in [1.29, 1.82) is 0 Å². The third-order valence-electron chi connectivity index (χ3n) is 2.72. The number of nitrogens with one attached hydrogen (secondary N) is 2. The lowest BCUT2D eigenvalue weighted by molar-refractivity contribution is 0.0937. The Hall–Kier alpha value is -2.14. The van der Waals surface area contributed by atoms with Gasteiger partial charge < -0.3 is 10.6 Å². The van der Waals surface area contributed by atoms with E-state index in [1.54, 1.807) is 0 Å². The van der Waals surface area contributed by atoms with Crippen molar-refractivity contribution >= 4 is 23.3 Å². The first kappa shape index (κ1) is 15.3. The quantitative estimate of drug-likeness (QED) is 0.891. The highest BCUT2D eigenvalue weighted by atomic mass is 35.5. The molecule has 1 heterocycles. The van der Waals surface area contributed by atoms with Gasteiger partial charge in [-0.1, -0.05) is 29.8 Å². The normalized spacial score (nSPS) is 10.5. The van der Waals surface area contributed by atoms with Gasteiger partial charge in [-0.15, -0.1) is 0 Å². The standard InChI is InChI=1S/C15H17ClN4O/c1-10(2)20-15(21)13-8-19-14(9-17-13)18-7-11-5-3-4-6-12(11)16/h3-6,8-10H,7H2,1-2H3,(H,18,19)(H,20,21). The number of rotatable bonds is 5. The molecule has 2 N–H and O–H groups in total. The molecule has 0 unspecified atom stereocenters. The number of anilines is 1. The van der Waals surface area contributed by atoms with E-state index >= 15 is 0 Å². The van der Waals surface area contributed by atoms with E-state index in [1.165, 1.54) is 12.4 Å². The van der Waals surface area contributed by atoms with Crippen molar-refractivity contribution in [1.82, 2.24) is 15.3 Å². The van der Waals surface area contributed by atoms with Crippen LogP contribution >= 0.6 is 11.6 Å². The van der Waals surface area contributed by atoms with Crippen molar-refractivity contribution in [2.45, 2.75) is 26.4 Å². The van der Waals surface area contributed by atoms with Crippen LogP contribution in [0.25, 0.3) is 0 Å². The number of amides is 1. The first-order valence-electron chi connectivity index (χ1n) is 6.66. The fourth-order valence-corrected chi connectivity index (χ4v) is 1.90. The minimum absolute atomic E-state index is 0.0670. The van der Waals surface area contributed by atoms with E-state index in [-0.39, 0.29) is 11.9 Å². The van der Waals surface area contributed by atoms with Crippen LogP contribution in [0, 0.1) is 0 Å². The molecular weight excluding hydrogens is 288 g/mol. The number of carbonyl (C=O) groups is 1. The van der Waals surface area contributed by atoms with Gasteiger partial charge in [0.25, 0.3) is 5.91 Å². The van der Waals surface area contributed by atoms with Gasteiger partial charge in [-0.2, -0.15) is 0 Å². The van der Waals surface area contributed by atoms with Crippen LogP contribution in [-0.4, -0.2) is 21.9 Å². The maximum Gasteiger partial charge on any atom is 0.271 e. The largest absolute Gasteiger partial charge is 0.365 e. The molecular formula is C15H17ClN4O. The third-order valence-corrected chi connectivity index (χ3v) is 3.09. The summed E-state index contributed by atoms with van der Waals surface area (Å²) in [5, 5.41) is 6.58. The molecule has 0 aliphatic heterocycles. The molecule has 21 heavy (non-hydrogen) atoms. The summed E-state index contributed by atoms with van der Waals surface area (Å²) in [6.07, 6.45) is 2.98. The van der Waals surface area contributed by atoms with Crippen molar-refractivity contribution in [2.24, 2.45) is 0 Å². The molecule has 1 aromatic carbocycles. The van der Waals surface area contributed by atoms with E-state index in [9.17, 15) is 4.79 Å². The highest BCUT2D eigenvalue weighted by molar-refractivity contribution is 6.31. The summed E-state index contributed by atoms with van der Waals surface area (Å²) in [4.78, 5) is 20.0. The van der Waals surface area contributed by atoms with Gasteiger partial charge in [-0.3, -0.25) is 4.79 Å². The van der Waals surface area contributed by atoms with Crippen LogP contribution in [0.5, 0.6) is 0 Å². The van der Waals surface area contributed by atoms with Gasteiger partial charge in [0.2, 0.25) is 0 Å². The van der Waals surface area contributed by atoms with Gasteiger partial charge in [0.05, 0.1) is 12.4 Å². The zero-order valence-corrected chi connectivity index (χ0v) is 12.7. The first-order valence-corrected chi connectivity index (χ1v) is 7.04. The average molecular weight is 305 g/mol. The Morgan fingerprint density at radius 2 is 2.00 bits per heavy atom. The second-order valence-corrected chi connectivity index (χ2v) is 5.27. The molecule has 5 nitrogen and oxygen atoms in total. The van der Waals surface area contributed by atoms with Gasteiger partial charge in [-0.25, -0.2) is 9.97 Å². The van der Waals surface area contributed by atoms with Gasteiger partial charge in [0.1, 0.15) is 11.5 Å². The van der Waals surface area contributed by atoms with Crippen LogP contribution in [0.3, 0.4) is 0 Å². The third kappa shape index (κ3) is 4.43. The Bertz CT molecular complexity index is 613. The average Bonchev–Trinajstić information content (AvgIpc) is 2.46. The van der Waals surface area contributed by atoms with Crippen molar-refractivity contribution < 1.29 is 4.79 Å². The second-order valence-electron chi connectivity index (χ2n) is 4.86. The topological polar surface area (TPSA) is 66.9 Å². The van der Waals surface area contributed by atoms with Crippen molar-refractivity contribution in [3.8, 4) is 0 Å². The van der Waals surface area contributed by atoms with Crippen molar-refractivity contribution in [2.75, 3.05) is 5.32 Å². The molecule has 0 atom stereocenters. The fraction of sp³-hybridized carbons (Fsp3) is 0.267. The van der Waals surface area contributed by atoms with Crippen LogP contribution in [0.15, 0.2) is 36.7 Å². The Kier molecular flexibility index (Phi) is 5.11. The summed E-state index contributed by atoms with van der Waals surface area (Å²) < 4.78 is 0. The Balaban J connectivity index is 1.97. The summed E-state index contributed by atoms with van der Waals surface area (Å²) in [7, 11) is 0. The lowest BCUT2D eigenvalue weighted by Crippen LogP contribution is -2.30. The maximum atomic E-state index is 11.7. The molecule has 2 aromatic rings. The maximum absolute atomic E-state index is 11.7. The summed E-state index contributed by atoms with van der Waals surface area (Å²) in [6.45, 7) is 4.33. The molecule has 0 radical (unpaired) electrons. The fourth-order valence-electron chi connectivity index (χ4n) is 1.70. The number of hydrogen-bond donors (Lipinski definition) is 2. The lowest BCUT2D eigenvalue weighted by atomic mass is 10.2. The summed E-state index contributed by atoms with van der Waals surface area (Å²) in [6, 6.07) is 7.65. The summed E-state index contributed by atoms with van der Waals surface area (Å²) in [5.74, 6) is 0.367. The van der Waals surface area contributed by atoms with E-state index in [1.807, 2.05) is 38.1 Å². The first-order chi connectivity index (χ1) is 10.1. The number of halogens is 1. The van der Waals surface area contributed by atoms with Gasteiger partial charge in [-0.05, 0) is 25.5 Å². The molecule has 1 aromatic heterocycles. The van der Waals surface area contributed by atoms with Crippen LogP contribution in [-0.2, 0) is 6.54 Å². The molecule has 0 aliphatic carbocycles. The van der Waals surface area contributed by atoms with Crippen LogP contribution in [0.4, 0.5) is 5.82 Å². The second kappa shape index (κ2) is 7.04. The molecule has 0 saturated carbocycles. The smallest absolute Gasteiger partial charge is 0.271 e. The minimum Gasteiger partial charge on any atom is -0.365 e. The predicted molar refractivity (Wildman–Crippen MR) is 83.4 cm³/mol. The van der Waals surface area contributed by atoms with E-state index in [0.717, 1.165) is 5.56 Å². The highest BCUT2D eigenvalue weighted by Gasteiger charge is 2.09.